The Hall–Kier alpha value is -0.770. The lowest BCUT2D eigenvalue weighted by molar-refractivity contribution is 0.0432. The molecule has 10 heavy (non-hydrogen) atoms. The number of carbonyl (C=O) groups is 1. The van der Waals surface area contributed by atoms with Gasteiger partial charge in [-0.2, -0.15) is 0 Å². The normalized spacial score (nSPS) is 18.4. The summed E-state index contributed by atoms with van der Waals surface area (Å²) in [5, 5.41) is 8.58. The van der Waals surface area contributed by atoms with Crippen molar-refractivity contribution in [3.63, 3.8) is 0 Å². The molecule has 0 atom stereocenters. The molecular formula is C6H11NO3. The summed E-state index contributed by atoms with van der Waals surface area (Å²) in [6.07, 6.45) is -0.301. The van der Waals surface area contributed by atoms with Crippen molar-refractivity contribution in [2.24, 2.45) is 5.92 Å². The van der Waals surface area contributed by atoms with Crippen LogP contribution in [0.3, 0.4) is 0 Å². The lowest BCUT2D eigenvalue weighted by atomic mass is 10.0. The highest BCUT2D eigenvalue weighted by atomic mass is 16.5. The Kier molecular flexibility index (Phi) is 2.11. The molecule has 4 heteroatoms. The molecule has 0 bridgehead atoms. The maximum atomic E-state index is 10.7. The second kappa shape index (κ2) is 2.88. The molecule has 1 heterocycles. The van der Waals surface area contributed by atoms with E-state index in [1.165, 1.54) is 7.11 Å². The van der Waals surface area contributed by atoms with Crippen LogP contribution in [0.25, 0.3) is 0 Å². The van der Waals surface area contributed by atoms with Gasteiger partial charge in [-0.25, -0.2) is 4.79 Å². The van der Waals surface area contributed by atoms with Crippen molar-refractivity contribution >= 4 is 6.09 Å². The van der Waals surface area contributed by atoms with Crippen LogP contribution >= 0.6 is 0 Å². The molecule has 1 N–H and O–H groups in total. The summed E-state index contributed by atoms with van der Waals surface area (Å²) < 4.78 is 4.45. The Labute approximate surface area is 59.4 Å². The quantitative estimate of drug-likeness (QED) is 0.550. The van der Waals surface area contributed by atoms with Crippen molar-refractivity contribution in [2.45, 2.75) is 0 Å². The first kappa shape index (κ1) is 7.34. The molecule has 0 radical (unpaired) electrons. The van der Waals surface area contributed by atoms with Crippen LogP contribution in [0.4, 0.5) is 4.79 Å². The van der Waals surface area contributed by atoms with E-state index in [4.69, 9.17) is 5.11 Å². The monoisotopic (exact) mass is 145 g/mol. The molecule has 0 aromatic rings. The third-order valence-electron chi connectivity index (χ3n) is 1.65. The highest BCUT2D eigenvalue weighted by molar-refractivity contribution is 5.68. The molecule has 0 aromatic heterocycles. The van der Waals surface area contributed by atoms with Gasteiger partial charge in [-0.1, -0.05) is 0 Å². The predicted molar refractivity (Wildman–Crippen MR) is 34.6 cm³/mol. The Morgan fingerprint density at radius 3 is 2.80 bits per heavy atom. The predicted octanol–water partition coefficient (Wildman–Crippen LogP) is -0.323. The van der Waals surface area contributed by atoms with Gasteiger partial charge in [0.2, 0.25) is 0 Å². The van der Waals surface area contributed by atoms with Crippen molar-refractivity contribution < 1.29 is 14.6 Å². The van der Waals surface area contributed by atoms with Crippen LogP contribution in [0.2, 0.25) is 0 Å². The van der Waals surface area contributed by atoms with E-state index in [-0.39, 0.29) is 18.6 Å². The Morgan fingerprint density at radius 2 is 2.40 bits per heavy atom. The van der Waals surface area contributed by atoms with E-state index in [0.29, 0.717) is 13.1 Å². The number of likely N-dealkylation sites (tertiary alicyclic amines) is 1. The van der Waals surface area contributed by atoms with E-state index in [1.54, 1.807) is 4.90 Å². The highest BCUT2D eigenvalue weighted by Crippen LogP contribution is 2.14. The molecule has 0 saturated carbocycles. The molecule has 0 unspecified atom stereocenters. The smallest absolute Gasteiger partial charge is 0.409 e. The van der Waals surface area contributed by atoms with Gasteiger partial charge in [-0.05, 0) is 0 Å². The molecular weight excluding hydrogens is 134 g/mol. The second-order valence-electron chi connectivity index (χ2n) is 2.42. The van der Waals surface area contributed by atoms with Gasteiger partial charge in [0.1, 0.15) is 0 Å². The largest absolute Gasteiger partial charge is 0.453 e. The zero-order chi connectivity index (χ0) is 7.56. The van der Waals surface area contributed by atoms with Crippen LogP contribution < -0.4 is 0 Å². The van der Waals surface area contributed by atoms with Crippen molar-refractivity contribution in [1.29, 1.82) is 0 Å². The van der Waals surface area contributed by atoms with Crippen LogP contribution in [0, 0.1) is 5.92 Å². The molecule has 58 valence electrons. The average molecular weight is 145 g/mol. The molecule has 1 saturated heterocycles. The Bertz CT molecular complexity index is 131. The number of methoxy groups -OCH3 is 1. The van der Waals surface area contributed by atoms with Crippen LogP contribution in [-0.2, 0) is 4.74 Å². The standard InChI is InChI=1S/C6H11NO3/c1-10-6(9)7-2-5(3-7)4-8/h5,8H,2-4H2,1H3. The molecule has 1 aliphatic rings. The van der Waals surface area contributed by atoms with Crippen LogP contribution in [0.15, 0.2) is 0 Å². The van der Waals surface area contributed by atoms with E-state index in [9.17, 15) is 4.79 Å². The van der Waals surface area contributed by atoms with Gasteiger partial charge in [0.15, 0.2) is 0 Å². The number of hydrogen-bond acceptors (Lipinski definition) is 3. The first-order valence-electron chi connectivity index (χ1n) is 3.21. The van der Waals surface area contributed by atoms with Gasteiger partial charge in [-0.15, -0.1) is 0 Å². The van der Waals surface area contributed by atoms with Crippen molar-refractivity contribution in [2.75, 3.05) is 26.8 Å². The summed E-state index contributed by atoms with van der Waals surface area (Å²) in [4.78, 5) is 12.2. The molecule has 1 rings (SSSR count). The lowest BCUT2D eigenvalue weighted by Gasteiger charge is -2.36. The van der Waals surface area contributed by atoms with Crippen LogP contribution in [0.1, 0.15) is 0 Å². The third kappa shape index (κ3) is 1.21. The van der Waals surface area contributed by atoms with E-state index in [0.717, 1.165) is 0 Å². The highest BCUT2D eigenvalue weighted by Gasteiger charge is 2.30. The summed E-state index contributed by atoms with van der Waals surface area (Å²) in [6.45, 7) is 1.42. The van der Waals surface area contributed by atoms with Gasteiger partial charge in [0, 0.05) is 25.6 Å². The fraction of sp³-hybridized carbons (Fsp3) is 0.833. The first-order valence-corrected chi connectivity index (χ1v) is 3.21. The third-order valence-corrected chi connectivity index (χ3v) is 1.65. The molecule has 0 aromatic carbocycles. The van der Waals surface area contributed by atoms with Gasteiger partial charge >= 0.3 is 6.09 Å². The zero-order valence-electron chi connectivity index (χ0n) is 5.91. The number of rotatable bonds is 1. The van der Waals surface area contributed by atoms with Gasteiger partial charge in [-0.3, -0.25) is 0 Å². The summed E-state index contributed by atoms with van der Waals surface area (Å²) in [5.74, 6) is 0.263. The maximum absolute atomic E-state index is 10.7. The summed E-state index contributed by atoms with van der Waals surface area (Å²) in [6, 6.07) is 0. The Morgan fingerprint density at radius 1 is 1.80 bits per heavy atom. The molecule has 1 fully saturated rings. The molecule has 0 spiro atoms. The number of nitrogens with zero attached hydrogens (tertiary/aromatic N) is 1. The molecule has 1 aliphatic heterocycles. The van der Waals surface area contributed by atoms with Crippen molar-refractivity contribution in [3.05, 3.63) is 0 Å². The molecule has 4 nitrogen and oxygen atoms in total. The number of aliphatic hydroxyl groups is 1. The number of amides is 1. The fourth-order valence-electron chi connectivity index (χ4n) is 0.964. The topological polar surface area (TPSA) is 49.8 Å². The minimum absolute atomic E-state index is 0.160. The zero-order valence-corrected chi connectivity index (χ0v) is 5.91. The minimum Gasteiger partial charge on any atom is -0.453 e. The number of hydrogen-bond donors (Lipinski definition) is 1. The molecule has 0 aliphatic carbocycles. The lowest BCUT2D eigenvalue weighted by Crippen LogP contribution is -2.51. The van der Waals surface area contributed by atoms with Crippen molar-refractivity contribution in [1.82, 2.24) is 4.90 Å². The van der Waals surface area contributed by atoms with E-state index in [2.05, 4.69) is 4.74 Å². The van der Waals surface area contributed by atoms with E-state index >= 15 is 0 Å². The summed E-state index contributed by atoms with van der Waals surface area (Å²) >= 11 is 0. The fourth-order valence-corrected chi connectivity index (χ4v) is 0.964. The second-order valence-corrected chi connectivity index (χ2v) is 2.42. The van der Waals surface area contributed by atoms with E-state index < -0.39 is 0 Å². The SMILES string of the molecule is COC(=O)N1CC(CO)C1. The van der Waals surface area contributed by atoms with E-state index in [1.807, 2.05) is 0 Å². The number of aliphatic hydroxyl groups excluding tert-OH is 1. The average Bonchev–Trinajstić information content (AvgIpc) is 1.85. The van der Waals surface area contributed by atoms with Crippen molar-refractivity contribution in [3.8, 4) is 0 Å². The van der Waals surface area contributed by atoms with Crippen LogP contribution in [0.5, 0.6) is 0 Å². The van der Waals surface area contributed by atoms with Gasteiger partial charge in [0.05, 0.1) is 7.11 Å². The van der Waals surface area contributed by atoms with Gasteiger partial charge in [0.25, 0.3) is 0 Å². The first-order chi connectivity index (χ1) is 4.77. The summed E-state index contributed by atoms with van der Waals surface area (Å²) in [7, 11) is 1.36. The molecule has 1 amide bonds. The van der Waals surface area contributed by atoms with Gasteiger partial charge < -0.3 is 14.7 Å². The van der Waals surface area contributed by atoms with Crippen LogP contribution in [-0.4, -0.2) is 42.9 Å². The summed E-state index contributed by atoms with van der Waals surface area (Å²) in [5.41, 5.74) is 0. The maximum Gasteiger partial charge on any atom is 0.409 e. The minimum atomic E-state index is -0.301. The number of ether oxygens (including phenoxy) is 1. The number of carbonyl (C=O) groups excluding carboxylic acids is 1. The Balaban J connectivity index is 2.19.